The molecule has 2 aliphatic heterocycles. The minimum Gasteiger partial charge on any atom is -0.497 e. The second-order valence-corrected chi connectivity index (χ2v) is 12.9. The van der Waals surface area contributed by atoms with E-state index in [1.165, 1.54) is 12.1 Å². The molecule has 0 saturated carbocycles. The SMILES string of the molecule is CCN(C(=O)C1OC12C=CC(C)=CC2C)c1cccc(C(=O)NC2=NN(c3c(Cl)cc(Cl)cc3Cl)C(=O)C2N=Nc2ccc(OC)cc2)c1. The van der Waals surface area contributed by atoms with Crippen molar-refractivity contribution in [2.75, 3.05) is 23.6 Å². The van der Waals surface area contributed by atoms with E-state index < -0.39 is 29.6 Å². The number of carbonyl (C=O) groups excluding carboxylic acids is 3. The van der Waals surface area contributed by atoms with Gasteiger partial charge in [-0.15, -0.1) is 5.10 Å². The number of azo groups is 1. The maximum Gasteiger partial charge on any atom is 0.282 e. The molecule has 1 fully saturated rings. The van der Waals surface area contributed by atoms with Crippen molar-refractivity contribution in [2.24, 2.45) is 21.2 Å². The van der Waals surface area contributed by atoms with Gasteiger partial charge in [-0.2, -0.15) is 15.2 Å². The summed E-state index contributed by atoms with van der Waals surface area (Å²) < 4.78 is 11.2. The fourth-order valence-corrected chi connectivity index (χ4v) is 6.78. The highest BCUT2D eigenvalue weighted by molar-refractivity contribution is 6.43. The molecule has 2 heterocycles. The number of halogens is 3. The molecule has 11 nitrogen and oxygen atoms in total. The van der Waals surface area contributed by atoms with Gasteiger partial charge in [0.2, 0.25) is 6.04 Å². The maximum atomic E-state index is 13.7. The fourth-order valence-electron chi connectivity index (χ4n) is 5.80. The summed E-state index contributed by atoms with van der Waals surface area (Å²) in [5.74, 6) is -0.931. The predicted octanol–water partition coefficient (Wildman–Crippen LogP) is 7.54. The second kappa shape index (κ2) is 13.8. The highest BCUT2D eigenvalue weighted by Gasteiger charge is 2.63. The number of nitrogens with zero attached hydrogens (tertiary/aromatic N) is 5. The number of amidine groups is 1. The van der Waals surface area contributed by atoms with Gasteiger partial charge in [-0.1, -0.05) is 65.5 Å². The second-order valence-electron chi connectivity index (χ2n) is 11.6. The summed E-state index contributed by atoms with van der Waals surface area (Å²) in [5.41, 5.74) is 1.66. The van der Waals surface area contributed by atoms with Gasteiger partial charge in [0.1, 0.15) is 17.0 Å². The van der Waals surface area contributed by atoms with Crippen molar-refractivity contribution < 1.29 is 23.9 Å². The van der Waals surface area contributed by atoms with Crippen LogP contribution in [-0.4, -0.2) is 55.0 Å². The molecule has 252 valence electrons. The van der Waals surface area contributed by atoms with Crippen LogP contribution in [0.3, 0.4) is 0 Å². The number of hydrazone groups is 1. The van der Waals surface area contributed by atoms with E-state index in [0.29, 0.717) is 23.7 Å². The summed E-state index contributed by atoms with van der Waals surface area (Å²) in [6.45, 7) is 6.23. The Morgan fingerprint density at radius 1 is 1.10 bits per heavy atom. The summed E-state index contributed by atoms with van der Waals surface area (Å²) >= 11 is 18.9. The van der Waals surface area contributed by atoms with Crippen LogP contribution in [0.4, 0.5) is 17.1 Å². The molecule has 49 heavy (non-hydrogen) atoms. The number of carbonyl (C=O) groups is 3. The molecular weight excluding hydrogens is 691 g/mol. The van der Waals surface area contributed by atoms with E-state index >= 15 is 0 Å². The first kappa shape index (κ1) is 34.3. The minimum absolute atomic E-state index is 0.0316. The Morgan fingerprint density at radius 3 is 2.47 bits per heavy atom. The van der Waals surface area contributed by atoms with Crippen LogP contribution in [0.2, 0.25) is 15.1 Å². The monoisotopic (exact) mass is 720 g/mol. The van der Waals surface area contributed by atoms with Gasteiger partial charge in [0.25, 0.3) is 17.7 Å². The van der Waals surface area contributed by atoms with E-state index in [1.807, 2.05) is 32.9 Å². The van der Waals surface area contributed by atoms with Gasteiger partial charge in [-0.3, -0.25) is 14.4 Å². The number of methoxy groups -OCH3 is 1. The molecule has 1 spiro atoms. The summed E-state index contributed by atoms with van der Waals surface area (Å²) in [6, 6.07) is 14.8. The van der Waals surface area contributed by atoms with E-state index in [2.05, 4.69) is 26.7 Å². The lowest BCUT2D eigenvalue weighted by molar-refractivity contribution is -0.120. The zero-order valence-electron chi connectivity index (χ0n) is 26.9. The Labute approximate surface area is 297 Å². The van der Waals surface area contributed by atoms with Crippen molar-refractivity contribution in [3.63, 3.8) is 0 Å². The lowest BCUT2D eigenvalue weighted by Gasteiger charge is -2.23. The number of nitrogens with one attached hydrogen (secondary N) is 1. The summed E-state index contributed by atoms with van der Waals surface area (Å²) in [7, 11) is 1.54. The third-order valence-corrected chi connectivity index (χ3v) is 9.23. The molecule has 1 saturated heterocycles. The quantitative estimate of drug-likeness (QED) is 0.190. The van der Waals surface area contributed by atoms with E-state index in [0.717, 1.165) is 10.6 Å². The third-order valence-electron chi connectivity index (χ3n) is 8.44. The number of epoxide rings is 1. The molecule has 0 radical (unpaired) electrons. The van der Waals surface area contributed by atoms with Gasteiger partial charge in [0, 0.05) is 28.7 Å². The number of benzene rings is 3. The number of likely N-dealkylation sites (N-methyl/N-ethyl adjacent to an activating group) is 1. The molecule has 4 atom stereocenters. The van der Waals surface area contributed by atoms with Crippen LogP contribution in [0.1, 0.15) is 31.1 Å². The van der Waals surface area contributed by atoms with Crippen molar-refractivity contribution in [1.29, 1.82) is 0 Å². The molecular formula is C35H31Cl3N6O5. The number of hydrogen-bond acceptors (Lipinski definition) is 8. The standard InChI is InChI=1S/C35H31Cl3N6O5/c1-5-43(34(47)30-35(49-30)14-13-19(2)15-20(35)3)24-8-6-7-21(16-24)32(45)39-31-28(41-40-23-9-11-25(48-4)12-10-23)33(46)44(42-31)29-26(37)17-22(36)18-27(29)38/h6-18,20,28,30H,5H2,1-4H3,(H,39,42,45). The summed E-state index contributed by atoms with van der Waals surface area (Å²) in [6.07, 6.45) is 5.36. The molecule has 0 aromatic heterocycles. The predicted molar refractivity (Wildman–Crippen MR) is 189 cm³/mol. The lowest BCUT2D eigenvalue weighted by atomic mass is 9.84. The number of hydrogen-bond donors (Lipinski definition) is 1. The molecule has 3 amide bonds. The fraction of sp³-hybridized carbons (Fsp3) is 0.257. The Kier molecular flexibility index (Phi) is 9.63. The normalized spacial score (nSPS) is 22.7. The van der Waals surface area contributed by atoms with Crippen LogP contribution in [-0.2, 0) is 14.3 Å². The molecule has 1 aliphatic carbocycles. The van der Waals surface area contributed by atoms with Crippen LogP contribution >= 0.6 is 34.8 Å². The highest BCUT2D eigenvalue weighted by atomic mass is 35.5. The first-order valence-corrected chi connectivity index (χ1v) is 16.5. The van der Waals surface area contributed by atoms with Crippen molar-refractivity contribution in [3.05, 3.63) is 105 Å². The number of amides is 3. The average Bonchev–Trinajstić information content (AvgIpc) is 3.74. The topological polar surface area (TPSA) is 129 Å². The number of rotatable bonds is 8. The maximum absolute atomic E-state index is 13.7. The largest absolute Gasteiger partial charge is 0.497 e. The molecule has 1 N–H and O–H groups in total. The summed E-state index contributed by atoms with van der Waals surface area (Å²) in [4.78, 5) is 42.7. The first-order valence-electron chi connectivity index (χ1n) is 15.4. The van der Waals surface area contributed by atoms with E-state index in [4.69, 9.17) is 44.3 Å². The average molecular weight is 722 g/mol. The summed E-state index contributed by atoms with van der Waals surface area (Å²) in [5, 5.41) is 16.9. The van der Waals surface area contributed by atoms with Crippen LogP contribution in [0.15, 0.2) is 99.8 Å². The molecule has 14 heteroatoms. The van der Waals surface area contributed by atoms with Crippen LogP contribution in [0.5, 0.6) is 5.75 Å². The van der Waals surface area contributed by atoms with Crippen LogP contribution < -0.4 is 20.0 Å². The van der Waals surface area contributed by atoms with Crippen LogP contribution in [0.25, 0.3) is 0 Å². The van der Waals surface area contributed by atoms with Gasteiger partial charge in [0.15, 0.2) is 11.9 Å². The molecule has 0 bridgehead atoms. The molecule has 6 rings (SSSR count). The first-order chi connectivity index (χ1) is 23.4. The number of ether oxygens (including phenoxy) is 2. The molecule has 3 aliphatic rings. The van der Waals surface area contributed by atoms with Crippen LogP contribution in [0, 0.1) is 5.92 Å². The minimum atomic E-state index is -1.35. The van der Waals surface area contributed by atoms with Gasteiger partial charge in [0.05, 0.1) is 22.8 Å². The Morgan fingerprint density at radius 2 is 1.82 bits per heavy atom. The molecule has 4 unspecified atom stereocenters. The van der Waals surface area contributed by atoms with Gasteiger partial charge >= 0.3 is 0 Å². The zero-order chi connectivity index (χ0) is 35.0. The lowest BCUT2D eigenvalue weighted by Crippen LogP contribution is -2.40. The van der Waals surface area contributed by atoms with Crippen molar-refractivity contribution in [2.45, 2.75) is 38.5 Å². The zero-order valence-corrected chi connectivity index (χ0v) is 29.1. The van der Waals surface area contributed by atoms with Gasteiger partial charge in [-0.05, 0) is 74.5 Å². The Balaban J connectivity index is 1.26. The molecule has 3 aromatic carbocycles. The number of allylic oxidation sites excluding steroid dienone is 2. The van der Waals surface area contributed by atoms with E-state index in [-0.39, 0.29) is 44.0 Å². The highest BCUT2D eigenvalue weighted by Crippen LogP contribution is 2.48. The van der Waals surface area contributed by atoms with E-state index in [9.17, 15) is 14.4 Å². The van der Waals surface area contributed by atoms with Crippen molar-refractivity contribution in [1.82, 2.24) is 5.32 Å². The Bertz CT molecular complexity index is 1940. The van der Waals surface area contributed by atoms with E-state index in [1.54, 1.807) is 60.5 Å². The smallest absolute Gasteiger partial charge is 0.282 e. The third kappa shape index (κ3) is 6.71. The van der Waals surface area contributed by atoms with Crippen molar-refractivity contribution in [3.8, 4) is 5.75 Å². The molecule has 3 aromatic rings. The van der Waals surface area contributed by atoms with Gasteiger partial charge in [-0.25, -0.2) is 0 Å². The Hall–Kier alpha value is -4.55. The van der Waals surface area contributed by atoms with Crippen molar-refractivity contribution >= 4 is 75.4 Å². The van der Waals surface area contributed by atoms with Gasteiger partial charge < -0.3 is 19.7 Å². The number of anilines is 2.